The summed E-state index contributed by atoms with van der Waals surface area (Å²) in [7, 11) is 0. The van der Waals surface area contributed by atoms with Crippen molar-refractivity contribution in [3.63, 3.8) is 0 Å². The fraction of sp³-hybridized carbons (Fsp3) is 0.909. The third-order valence-corrected chi connectivity index (χ3v) is 3.79. The summed E-state index contributed by atoms with van der Waals surface area (Å²) in [6.45, 7) is 3.32. The first-order valence-corrected chi connectivity index (χ1v) is 7.66. The van der Waals surface area contributed by atoms with E-state index in [9.17, 15) is 0 Å². The van der Waals surface area contributed by atoms with E-state index >= 15 is 0 Å². The van der Waals surface area contributed by atoms with E-state index in [-0.39, 0.29) is 0 Å². The predicted octanol–water partition coefficient (Wildman–Crippen LogP) is 2.49. The maximum atomic E-state index is 5.39. The quantitative estimate of drug-likeness (QED) is 0.605. The smallest absolute Gasteiger partial charge is 0.168 e. The van der Waals surface area contributed by atoms with Gasteiger partial charge in [0.25, 0.3) is 0 Å². The lowest BCUT2D eigenvalue weighted by molar-refractivity contribution is 0.427. The molecule has 0 aromatic carbocycles. The first-order valence-electron chi connectivity index (χ1n) is 5.86. The van der Waals surface area contributed by atoms with Crippen LogP contribution in [-0.2, 0) is 0 Å². The molecular weight excluding hydrogens is 224 g/mol. The van der Waals surface area contributed by atoms with Crippen LogP contribution in [0.5, 0.6) is 0 Å². The second-order valence-corrected chi connectivity index (χ2v) is 5.35. The lowest BCUT2D eigenvalue weighted by Gasteiger charge is -2.23. The summed E-state index contributed by atoms with van der Waals surface area (Å²) in [5.74, 6) is 1.22. The minimum atomic E-state index is 0.970. The van der Waals surface area contributed by atoms with Crippen molar-refractivity contribution in [1.29, 1.82) is 0 Å². The summed E-state index contributed by atoms with van der Waals surface area (Å²) >= 11 is 7.29. The van der Waals surface area contributed by atoms with Gasteiger partial charge in [-0.05, 0) is 43.5 Å². The molecule has 0 saturated carbocycles. The second kappa shape index (κ2) is 8.22. The number of nitrogens with zero attached hydrogens (tertiary/aromatic N) is 1. The van der Waals surface area contributed by atoms with Crippen molar-refractivity contribution in [2.75, 3.05) is 31.6 Å². The molecule has 4 heteroatoms. The molecule has 0 aromatic rings. The van der Waals surface area contributed by atoms with Gasteiger partial charge in [0.05, 0.1) is 0 Å². The van der Waals surface area contributed by atoms with E-state index in [1.54, 1.807) is 0 Å². The normalized spacial score (nSPS) is 17.3. The SMILES string of the molecule is CSCCCNC(=S)N1CCCCCC1. The van der Waals surface area contributed by atoms with Crippen LogP contribution >= 0.6 is 24.0 Å². The lowest BCUT2D eigenvalue weighted by atomic mass is 10.2. The van der Waals surface area contributed by atoms with E-state index in [0.717, 1.165) is 24.7 Å². The Morgan fingerprint density at radius 3 is 2.53 bits per heavy atom. The summed E-state index contributed by atoms with van der Waals surface area (Å²) in [6, 6.07) is 0. The van der Waals surface area contributed by atoms with Gasteiger partial charge in [-0.2, -0.15) is 11.8 Å². The van der Waals surface area contributed by atoms with Gasteiger partial charge in [-0.3, -0.25) is 0 Å². The molecular formula is C11H22N2S2. The van der Waals surface area contributed by atoms with E-state index in [0.29, 0.717) is 0 Å². The van der Waals surface area contributed by atoms with Gasteiger partial charge in [0.2, 0.25) is 0 Å². The second-order valence-electron chi connectivity index (χ2n) is 3.98. The topological polar surface area (TPSA) is 15.3 Å². The number of nitrogens with one attached hydrogen (secondary N) is 1. The third-order valence-electron chi connectivity index (χ3n) is 2.69. The molecule has 0 amide bonds. The van der Waals surface area contributed by atoms with E-state index < -0.39 is 0 Å². The summed E-state index contributed by atoms with van der Waals surface area (Å²) in [4.78, 5) is 2.33. The van der Waals surface area contributed by atoms with Crippen molar-refractivity contribution in [3.05, 3.63) is 0 Å². The van der Waals surface area contributed by atoms with Gasteiger partial charge >= 0.3 is 0 Å². The van der Waals surface area contributed by atoms with Crippen LogP contribution in [0.2, 0.25) is 0 Å². The van der Waals surface area contributed by atoms with Gasteiger partial charge in [0.1, 0.15) is 0 Å². The van der Waals surface area contributed by atoms with E-state index in [1.165, 1.54) is 37.9 Å². The summed E-state index contributed by atoms with van der Waals surface area (Å²) < 4.78 is 0. The molecule has 15 heavy (non-hydrogen) atoms. The molecule has 0 radical (unpaired) electrons. The number of rotatable bonds is 4. The van der Waals surface area contributed by atoms with Crippen LogP contribution in [0.1, 0.15) is 32.1 Å². The molecule has 1 aliphatic rings. The number of hydrogen-bond acceptors (Lipinski definition) is 2. The highest BCUT2D eigenvalue weighted by Gasteiger charge is 2.11. The number of likely N-dealkylation sites (tertiary alicyclic amines) is 1. The molecule has 0 bridgehead atoms. The van der Waals surface area contributed by atoms with Crippen LogP contribution in [0.4, 0.5) is 0 Å². The summed E-state index contributed by atoms with van der Waals surface area (Å²) in [6.07, 6.45) is 8.68. The summed E-state index contributed by atoms with van der Waals surface area (Å²) in [5, 5.41) is 4.33. The first kappa shape index (κ1) is 13.1. The molecule has 0 aliphatic carbocycles. The molecule has 0 unspecified atom stereocenters. The average Bonchev–Trinajstić information content (AvgIpc) is 2.52. The number of hydrogen-bond donors (Lipinski definition) is 1. The maximum Gasteiger partial charge on any atom is 0.168 e. The first-order chi connectivity index (χ1) is 7.34. The van der Waals surface area contributed by atoms with Crippen LogP contribution in [0.25, 0.3) is 0 Å². The van der Waals surface area contributed by atoms with Gasteiger partial charge in [-0.15, -0.1) is 0 Å². The molecule has 88 valence electrons. The van der Waals surface area contributed by atoms with Gasteiger partial charge in [0.15, 0.2) is 5.11 Å². The standard InChI is InChI=1S/C11H22N2S2/c1-15-10-6-7-12-11(14)13-8-4-2-3-5-9-13/h2-10H2,1H3,(H,12,14). The molecule has 0 aromatic heterocycles. The van der Waals surface area contributed by atoms with Crippen molar-refractivity contribution in [3.8, 4) is 0 Å². The Morgan fingerprint density at radius 1 is 1.27 bits per heavy atom. The molecule has 0 atom stereocenters. The highest BCUT2D eigenvalue weighted by molar-refractivity contribution is 7.98. The number of thioether (sulfide) groups is 1. The van der Waals surface area contributed by atoms with Crippen molar-refractivity contribution >= 4 is 29.1 Å². The fourth-order valence-corrected chi connectivity index (χ4v) is 2.52. The summed E-state index contributed by atoms with van der Waals surface area (Å²) in [5.41, 5.74) is 0. The molecule has 1 N–H and O–H groups in total. The largest absolute Gasteiger partial charge is 0.363 e. The average molecular weight is 246 g/mol. The highest BCUT2D eigenvalue weighted by atomic mass is 32.2. The zero-order valence-corrected chi connectivity index (χ0v) is 11.3. The fourth-order valence-electron chi connectivity index (χ4n) is 1.80. The van der Waals surface area contributed by atoms with Gasteiger partial charge in [0, 0.05) is 19.6 Å². The van der Waals surface area contributed by atoms with Crippen LogP contribution in [-0.4, -0.2) is 41.7 Å². The molecule has 0 spiro atoms. The van der Waals surface area contributed by atoms with E-state index in [1.807, 2.05) is 11.8 Å². The minimum absolute atomic E-state index is 0.970. The molecule has 1 fully saturated rings. The van der Waals surface area contributed by atoms with Gasteiger partial charge in [-0.1, -0.05) is 12.8 Å². The molecule has 1 rings (SSSR count). The van der Waals surface area contributed by atoms with Crippen LogP contribution in [0.3, 0.4) is 0 Å². The Hall–Kier alpha value is 0.0400. The van der Waals surface area contributed by atoms with Crippen molar-refractivity contribution < 1.29 is 0 Å². The van der Waals surface area contributed by atoms with E-state index in [4.69, 9.17) is 12.2 Å². The monoisotopic (exact) mass is 246 g/mol. The van der Waals surface area contributed by atoms with Crippen LogP contribution < -0.4 is 5.32 Å². The van der Waals surface area contributed by atoms with Crippen molar-refractivity contribution in [2.45, 2.75) is 32.1 Å². The Labute approximate surface area is 103 Å². The Morgan fingerprint density at radius 2 is 1.93 bits per heavy atom. The number of thiocarbonyl (C=S) groups is 1. The lowest BCUT2D eigenvalue weighted by Crippen LogP contribution is -2.40. The maximum absolute atomic E-state index is 5.39. The van der Waals surface area contributed by atoms with Gasteiger partial charge in [-0.25, -0.2) is 0 Å². The Balaban J connectivity index is 2.14. The Kier molecular flexibility index (Phi) is 7.18. The molecule has 1 heterocycles. The minimum Gasteiger partial charge on any atom is -0.363 e. The van der Waals surface area contributed by atoms with Gasteiger partial charge < -0.3 is 10.2 Å². The molecule has 1 saturated heterocycles. The van der Waals surface area contributed by atoms with Crippen molar-refractivity contribution in [2.24, 2.45) is 0 Å². The van der Waals surface area contributed by atoms with Crippen LogP contribution in [0.15, 0.2) is 0 Å². The predicted molar refractivity (Wildman–Crippen MR) is 73.6 cm³/mol. The Bertz CT molecular complexity index is 177. The van der Waals surface area contributed by atoms with E-state index in [2.05, 4.69) is 16.5 Å². The molecule has 1 aliphatic heterocycles. The van der Waals surface area contributed by atoms with Crippen LogP contribution in [0, 0.1) is 0 Å². The third kappa shape index (κ3) is 5.61. The van der Waals surface area contributed by atoms with Crippen molar-refractivity contribution in [1.82, 2.24) is 10.2 Å². The zero-order valence-electron chi connectivity index (χ0n) is 9.63. The molecule has 2 nitrogen and oxygen atoms in total. The highest BCUT2D eigenvalue weighted by Crippen LogP contribution is 2.09. The zero-order chi connectivity index (χ0) is 10.9.